The molecule has 17 heavy (non-hydrogen) atoms. The average Bonchev–Trinajstić information content (AvgIpc) is 2.36. The topological polar surface area (TPSA) is 24.9 Å². The van der Waals surface area contributed by atoms with Crippen molar-refractivity contribution in [2.45, 2.75) is 26.9 Å². The number of rotatable bonds is 4. The fraction of sp³-hybridized carbons (Fsp3) is 0.267. The van der Waals surface area contributed by atoms with E-state index in [0.29, 0.717) is 0 Å². The lowest BCUT2D eigenvalue weighted by molar-refractivity contribution is 0.689. The number of hydrogen-bond donors (Lipinski definition) is 1. The fourth-order valence-electron chi connectivity index (χ4n) is 1.85. The van der Waals surface area contributed by atoms with Gasteiger partial charge in [0, 0.05) is 25.5 Å². The third kappa shape index (κ3) is 3.14. The molecule has 1 heterocycles. The van der Waals surface area contributed by atoms with Crippen molar-refractivity contribution in [2.24, 2.45) is 0 Å². The number of nitrogens with one attached hydrogen (secondary N) is 1. The molecule has 1 aromatic heterocycles. The van der Waals surface area contributed by atoms with E-state index in [-0.39, 0.29) is 0 Å². The SMILES string of the molecule is Cc1cccc(CNCc2ccncc2)c1C. The van der Waals surface area contributed by atoms with E-state index in [1.165, 1.54) is 22.3 Å². The Morgan fingerprint density at radius 3 is 2.53 bits per heavy atom. The first kappa shape index (κ1) is 11.8. The molecular weight excluding hydrogens is 208 g/mol. The van der Waals surface area contributed by atoms with Crippen LogP contribution in [0.25, 0.3) is 0 Å². The Hall–Kier alpha value is -1.67. The molecule has 1 N–H and O–H groups in total. The lowest BCUT2D eigenvalue weighted by atomic mass is 10.0. The van der Waals surface area contributed by atoms with Crippen molar-refractivity contribution in [2.75, 3.05) is 0 Å². The molecule has 0 radical (unpaired) electrons. The van der Waals surface area contributed by atoms with Gasteiger partial charge in [-0.05, 0) is 48.2 Å². The molecule has 0 aliphatic heterocycles. The van der Waals surface area contributed by atoms with Gasteiger partial charge in [0.05, 0.1) is 0 Å². The minimum absolute atomic E-state index is 0.885. The molecule has 2 heteroatoms. The van der Waals surface area contributed by atoms with Crippen molar-refractivity contribution in [1.29, 1.82) is 0 Å². The third-order valence-electron chi connectivity index (χ3n) is 3.11. The number of pyridine rings is 1. The Morgan fingerprint density at radius 1 is 1.00 bits per heavy atom. The smallest absolute Gasteiger partial charge is 0.0271 e. The molecule has 2 aromatic rings. The fourth-order valence-corrected chi connectivity index (χ4v) is 1.85. The van der Waals surface area contributed by atoms with Crippen molar-refractivity contribution in [3.8, 4) is 0 Å². The van der Waals surface area contributed by atoms with E-state index in [9.17, 15) is 0 Å². The lowest BCUT2D eigenvalue weighted by Gasteiger charge is -2.09. The summed E-state index contributed by atoms with van der Waals surface area (Å²) in [6.07, 6.45) is 3.66. The molecule has 1 aromatic carbocycles. The number of benzene rings is 1. The Labute approximate surface area is 103 Å². The summed E-state index contributed by atoms with van der Waals surface area (Å²) in [7, 11) is 0. The van der Waals surface area contributed by atoms with Gasteiger partial charge in [-0.15, -0.1) is 0 Å². The van der Waals surface area contributed by atoms with Gasteiger partial charge in [0.25, 0.3) is 0 Å². The lowest BCUT2D eigenvalue weighted by Crippen LogP contribution is -2.13. The van der Waals surface area contributed by atoms with Crippen LogP contribution in [0.4, 0.5) is 0 Å². The number of hydrogen-bond acceptors (Lipinski definition) is 2. The summed E-state index contributed by atoms with van der Waals surface area (Å²) >= 11 is 0. The first-order chi connectivity index (χ1) is 8.27. The van der Waals surface area contributed by atoms with Gasteiger partial charge in [0.2, 0.25) is 0 Å². The van der Waals surface area contributed by atoms with Gasteiger partial charge >= 0.3 is 0 Å². The second kappa shape index (κ2) is 5.60. The molecule has 0 bridgehead atoms. The second-order valence-corrected chi connectivity index (χ2v) is 4.32. The molecule has 0 atom stereocenters. The van der Waals surface area contributed by atoms with E-state index in [0.717, 1.165) is 13.1 Å². The summed E-state index contributed by atoms with van der Waals surface area (Å²) in [5.41, 5.74) is 5.38. The van der Waals surface area contributed by atoms with E-state index < -0.39 is 0 Å². The summed E-state index contributed by atoms with van der Waals surface area (Å²) in [4.78, 5) is 4.01. The van der Waals surface area contributed by atoms with E-state index in [4.69, 9.17) is 0 Å². The quantitative estimate of drug-likeness (QED) is 0.867. The predicted molar refractivity (Wildman–Crippen MR) is 70.7 cm³/mol. The van der Waals surface area contributed by atoms with Gasteiger partial charge in [0.15, 0.2) is 0 Å². The second-order valence-electron chi connectivity index (χ2n) is 4.32. The molecular formula is C15H18N2. The standard InChI is InChI=1S/C15H18N2/c1-12-4-3-5-15(13(12)2)11-17-10-14-6-8-16-9-7-14/h3-9,17H,10-11H2,1-2H3. The van der Waals surface area contributed by atoms with Gasteiger partial charge in [0.1, 0.15) is 0 Å². The average molecular weight is 226 g/mol. The van der Waals surface area contributed by atoms with E-state index >= 15 is 0 Å². The highest BCUT2D eigenvalue weighted by Gasteiger charge is 2.00. The third-order valence-corrected chi connectivity index (χ3v) is 3.11. The van der Waals surface area contributed by atoms with Crippen LogP contribution in [-0.2, 0) is 13.1 Å². The molecule has 88 valence electrons. The van der Waals surface area contributed by atoms with E-state index in [1.807, 2.05) is 24.5 Å². The van der Waals surface area contributed by atoms with Crippen molar-refractivity contribution in [1.82, 2.24) is 10.3 Å². The first-order valence-electron chi connectivity index (χ1n) is 5.92. The van der Waals surface area contributed by atoms with Crippen LogP contribution in [0.1, 0.15) is 22.3 Å². The minimum Gasteiger partial charge on any atom is -0.309 e. The van der Waals surface area contributed by atoms with Crippen LogP contribution < -0.4 is 5.32 Å². The van der Waals surface area contributed by atoms with Gasteiger partial charge in [-0.1, -0.05) is 18.2 Å². The summed E-state index contributed by atoms with van der Waals surface area (Å²) in [6.45, 7) is 6.13. The van der Waals surface area contributed by atoms with Crippen LogP contribution in [0.3, 0.4) is 0 Å². The molecule has 0 amide bonds. The maximum atomic E-state index is 4.01. The van der Waals surface area contributed by atoms with Crippen LogP contribution in [0.2, 0.25) is 0 Å². The van der Waals surface area contributed by atoms with Crippen LogP contribution >= 0.6 is 0 Å². The first-order valence-corrected chi connectivity index (χ1v) is 5.92. The van der Waals surface area contributed by atoms with Gasteiger partial charge in [-0.25, -0.2) is 0 Å². The summed E-state index contributed by atoms with van der Waals surface area (Å²) in [5.74, 6) is 0. The minimum atomic E-state index is 0.885. The molecule has 0 aliphatic carbocycles. The molecule has 2 nitrogen and oxygen atoms in total. The van der Waals surface area contributed by atoms with Crippen molar-refractivity contribution < 1.29 is 0 Å². The molecule has 2 rings (SSSR count). The zero-order valence-electron chi connectivity index (χ0n) is 10.4. The molecule has 0 aliphatic rings. The molecule has 0 fully saturated rings. The van der Waals surface area contributed by atoms with Crippen LogP contribution in [0.5, 0.6) is 0 Å². The predicted octanol–water partition coefficient (Wildman–Crippen LogP) is 2.99. The van der Waals surface area contributed by atoms with Gasteiger partial charge in [-0.3, -0.25) is 4.98 Å². The molecule has 0 saturated carbocycles. The Balaban J connectivity index is 1.93. The highest BCUT2D eigenvalue weighted by Crippen LogP contribution is 2.12. The Kier molecular flexibility index (Phi) is 3.89. The van der Waals surface area contributed by atoms with Crippen molar-refractivity contribution >= 4 is 0 Å². The number of nitrogens with zero attached hydrogens (tertiary/aromatic N) is 1. The maximum absolute atomic E-state index is 4.01. The summed E-state index contributed by atoms with van der Waals surface area (Å²) in [5, 5.41) is 3.46. The van der Waals surface area contributed by atoms with Gasteiger partial charge < -0.3 is 5.32 Å². The van der Waals surface area contributed by atoms with E-state index in [1.54, 1.807) is 0 Å². The number of aryl methyl sites for hydroxylation is 1. The van der Waals surface area contributed by atoms with Crippen LogP contribution in [0, 0.1) is 13.8 Å². The highest BCUT2D eigenvalue weighted by molar-refractivity contribution is 5.32. The van der Waals surface area contributed by atoms with Crippen LogP contribution in [0.15, 0.2) is 42.7 Å². The largest absolute Gasteiger partial charge is 0.309 e. The van der Waals surface area contributed by atoms with Crippen LogP contribution in [-0.4, -0.2) is 4.98 Å². The van der Waals surface area contributed by atoms with Gasteiger partial charge in [-0.2, -0.15) is 0 Å². The zero-order chi connectivity index (χ0) is 12.1. The van der Waals surface area contributed by atoms with E-state index in [2.05, 4.69) is 42.3 Å². The molecule has 0 saturated heterocycles. The summed E-state index contributed by atoms with van der Waals surface area (Å²) in [6, 6.07) is 10.5. The summed E-state index contributed by atoms with van der Waals surface area (Å²) < 4.78 is 0. The maximum Gasteiger partial charge on any atom is 0.0271 e. The monoisotopic (exact) mass is 226 g/mol. The molecule has 0 spiro atoms. The zero-order valence-corrected chi connectivity index (χ0v) is 10.4. The Bertz CT molecular complexity index is 478. The highest BCUT2D eigenvalue weighted by atomic mass is 14.8. The van der Waals surface area contributed by atoms with Crippen molar-refractivity contribution in [3.63, 3.8) is 0 Å². The van der Waals surface area contributed by atoms with Crippen molar-refractivity contribution in [3.05, 3.63) is 65.0 Å². The number of aromatic nitrogens is 1. The molecule has 0 unspecified atom stereocenters. The normalized spacial score (nSPS) is 10.5. The Morgan fingerprint density at radius 2 is 1.76 bits per heavy atom.